The second kappa shape index (κ2) is 5.29. The molecule has 4 nitrogen and oxygen atoms in total. The van der Waals surface area contributed by atoms with Crippen LogP contribution in [-0.4, -0.2) is 41.3 Å². The molecule has 2 N–H and O–H groups in total. The number of amides is 1. The largest absolute Gasteiger partial charge is 0.393 e. The molecule has 0 aliphatic carbocycles. The van der Waals surface area contributed by atoms with Crippen LogP contribution in [0.1, 0.15) is 29.8 Å². The zero-order valence-electron chi connectivity index (χ0n) is 10.5. The zero-order chi connectivity index (χ0) is 13.1. The van der Waals surface area contributed by atoms with E-state index in [1.165, 1.54) is 4.90 Å². The van der Waals surface area contributed by atoms with Gasteiger partial charge in [-0.2, -0.15) is 0 Å². The van der Waals surface area contributed by atoms with E-state index in [4.69, 9.17) is 0 Å². The normalized spacial score (nSPS) is 16.3. The van der Waals surface area contributed by atoms with Gasteiger partial charge in [-0.3, -0.25) is 4.79 Å². The Morgan fingerprint density at radius 2 is 1.71 bits per heavy atom. The van der Waals surface area contributed by atoms with Gasteiger partial charge < -0.3 is 15.1 Å². The number of hydrogen-bond donors (Lipinski definition) is 2. The molecule has 0 atom stereocenters. The lowest BCUT2D eigenvalue weighted by Crippen LogP contribution is -2.47. The highest BCUT2D eigenvalue weighted by Gasteiger charge is 2.46. The van der Waals surface area contributed by atoms with Crippen LogP contribution in [0.2, 0.25) is 0 Å². The highest BCUT2D eigenvalue weighted by Crippen LogP contribution is 2.37. The molecule has 0 fully saturated rings. The van der Waals surface area contributed by atoms with Gasteiger partial charge in [0.15, 0.2) is 0 Å². The van der Waals surface area contributed by atoms with Gasteiger partial charge in [-0.05, 0) is 11.6 Å². The van der Waals surface area contributed by atoms with Crippen molar-refractivity contribution in [3.8, 4) is 0 Å². The Bertz CT molecular complexity index is 399. The molecule has 0 bridgehead atoms. The quantitative estimate of drug-likeness (QED) is 0.806. The number of fused-ring (bicyclic) bond motifs is 1. The van der Waals surface area contributed by atoms with Gasteiger partial charge in [-0.1, -0.05) is 32.0 Å². The van der Waals surface area contributed by atoms with Crippen molar-refractivity contribution in [2.45, 2.75) is 19.4 Å². The summed E-state index contributed by atoms with van der Waals surface area (Å²) in [5, 5.41) is 18.8. The number of aliphatic hydroxyl groups is 2. The third-order valence-electron chi connectivity index (χ3n) is 3.13. The molecule has 4 heteroatoms. The first-order valence-electron chi connectivity index (χ1n) is 5.77. The minimum Gasteiger partial charge on any atom is -0.393 e. The van der Waals surface area contributed by atoms with Crippen LogP contribution in [0.5, 0.6) is 0 Å². The van der Waals surface area contributed by atoms with Crippen LogP contribution in [0, 0.1) is 0 Å². The van der Waals surface area contributed by atoms with E-state index in [0.717, 1.165) is 0 Å². The molecule has 1 aliphatic heterocycles. The summed E-state index contributed by atoms with van der Waals surface area (Å²) < 4.78 is 0. The first-order chi connectivity index (χ1) is 8.17. The van der Waals surface area contributed by atoms with Crippen molar-refractivity contribution in [3.63, 3.8) is 0 Å². The van der Waals surface area contributed by atoms with E-state index in [0.29, 0.717) is 11.1 Å². The van der Waals surface area contributed by atoms with E-state index in [1.807, 2.05) is 13.8 Å². The third kappa shape index (κ3) is 1.83. The van der Waals surface area contributed by atoms with E-state index < -0.39 is 5.54 Å². The fraction of sp³-hybridized carbons (Fsp3) is 0.462. The van der Waals surface area contributed by atoms with Gasteiger partial charge in [0.05, 0.1) is 13.2 Å². The fourth-order valence-corrected chi connectivity index (χ4v) is 2.06. The molecule has 1 aromatic rings. The summed E-state index contributed by atoms with van der Waals surface area (Å²) in [6.07, 6.45) is 0. The number of carbonyl (C=O) groups is 1. The summed E-state index contributed by atoms with van der Waals surface area (Å²) in [7, 11) is 1.59. The molecule has 1 aliphatic rings. The second-order valence-electron chi connectivity index (χ2n) is 3.76. The third-order valence-corrected chi connectivity index (χ3v) is 3.13. The van der Waals surface area contributed by atoms with Gasteiger partial charge in [0.1, 0.15) is 5.54 Å². The van der Waals surface area contributed by atoms with E-state index in [9.17, 15) is 15.0 Å². The molecule has 1 aromatic carbocycles. The van der Waals surface area contributed by atoms with Crippen LogP contribution in [0.3, 0.4) is 0 Å². The average Bonchev–Trinajstić information content (AvgIpc) is 2.63. The van der Waals surface area contributed by atoms with Crippen LogP contribution in [0.25, 0.3) is 0 Å². The average molecular weight is 237 g/mol. The summed E-state index contributed by atoms with van der Waals surface area (Å²) in [6.45, 7) is 3.45. The maximum absolute atomic E-state index is 11.8. The van der Waals surface area contributed by atoms with Crippen molar-refractivity contribution >= 4 is 5.91 Å². The SMILES string of the molecule is CC.CN1C(=O)c2ccccc2C1(CO)CO. The van der Waals surface area contributed by atoms with Crippen molar-refractivity contribution in [1.29, 1.82) is 0 Å². The highest BCUT2D eigenvalue weighted by atomic mass is 16.3. The summed E-state index contributed by atoms with van der Waals surface area (Å²) in [6, 6.07) is 7.05. The smallest absolute Gasteiger partial charge is 0.254 e. The highest BCUT2D eigenvalue weighted by molar-refractivity contribution is 5.99. The molecule has 1 heterocycles. The second-order valence-corrected chi connectivity index (χ2v) is 3.76. The molecule has 0 aromatic heterocycles. The summed E-state index contributed by atoms with van der Waals surface area (Å²) in [5.41, 5.74) is 0.291. The van der Waals surface area contributed by atoms with Crippen molar-refractivity contribution in [1.82, 2.24) is 4.90 Å². The monoisotopic (exact) mass is 237 g/mol. The van der Waals surface area contributed by atoms with Crippen molar-refractivity contribution in [2.24, 2.45) is 0 Å². The molecule has 2 rings (SSSR count). The molecule has 17 heavy (non-hydrogen) atoms. The Labute approximate surface area is 101 Å². The molecule has 94 valence electrons. The van der Waals surface area contributed by atoms with E-state index in [1.54, 1.807) is 31.3 Å². The van der Waals surface area contributed by atoms with E-state index in [2.05, 4.69) is 0 Å². The fourth-order valence-electron chi connectivity index (χ4n) is 2.06. The van der Waals surface area contributed by atoms with E-state index in [-0.39, 0.29) is 19.1 Å². The maximum atomic E-state index is 11.8. The first-order valence-corrected chi connectivity index (χ1v) is 5.77. The molecule has 0 radical (unpaired) electrons. The minimum absolute atomic E-state index is 0.159. The van der Waals surface area contributed by atoms with Crippen LogP contribution < -0.4 is 0 Å². The lowest BCUT2D eigenvalue weighted by molar-refractivity contribution is 0.0131. The number of aliphatic hydroxyl groups excluding tert-OH is 2. The first kappa shape index (κ1) is 13.7. The number of rotatable bonds is 2. The minimum atomic E-state index is -0.965. The Morgan fingerprint density at radius 3 is 2.24 bits per heavy atom. The van der Waals surface area contributed by atoms with Gasteiger partial charge in [-0.15, -0.1) is 0 Å². The lowest BCUT2D eigenvalue weighted by Gasteiger charge is -2.33. The molecular weight excluding hydrogens is 218 g/mol. The zero-order valence-corrected chi connectivity index (χ0v) is 10.5. The number of nitrogens with zero attached hydrogens (tertiary/aromatic N) is 1. The van der Waals surface area contributed by atoms with Crippen LogP contribution >= 0.6 is 0 Å². The number of carbonyl (C=O) groups excluding carboxylic acids is 1. The molecule has 0 spiro atoms. The summed E-state index contributed by atoms with van der Waals surface area (Å²) >= 11 is 0. The molecule has 0 unspecified atom stereocenters. The van der Waals surface area contributed by atoms with Crippen molar-refractivity contribution in [2.75, 3.05) is 20.3 Å². The van der Waals surface area contributed by atoms with Gasteiger partial charge in [0.25, 0.3) is 5.91 Å². The van der Waals surface area contributed by atoms with Gasteiger partial charge in [0, 0.05) is 12.6 Å². The number of benzene rings is 1. The van der Waals surface area contributed by atoms with Gasteiger partial charge in [0.2, 0.25) is 0 Å². The maximum Gasteiger partial charge on any atom is 0.254 e. The van der Waals surface area contributed by atoms with Crippen LogP contribution in [-0.2, 0) is 5.54 Å². The van der Waals surface area contributed by atoms with Crippen LogP contribution in [0.4, 0.5) is 0 Å². The van der Waals surface area contributed by atoms with Crippen molar-refractivity contribution in [3.05, 3.63) is 35.4 Å². The number of hydrogen-bond acceptors (Lipinski definition) is 3. The lowest BCUT2D eigenvalue weighted by atomic mass is 9.91. The van der Waals surface area contributed by atoms with Crippen LogP contribution in [0.15, 0.2) is 24.3 Å². The molecule has 0 saturated heterocycles. The molecule has 0 saturated carbocycles. The van der Waals surface area contributed by atoms with Gasteiger partial charge in [-0.25, -0.2) is 0 Å². The predicted octanol–water partition coefficient (Wildman–Crippen LogP) is 0.978. The predicted molar refractivity (Wildman–Crippen MR) is 65.7 cm³/mol. The van der Waals surface area contributed by atoms with E-state index >= 15 is 0 Å². The van der Waals surface area contributed by atoms with Gasteiger partial charge >= 0.3 is 0 Å². The summed E-state index contributed by atoms with van der Waals surface area (Å²) in [4.78, 5) is 13.2. The van der Waals surface area contributed by atoms with Crippen molar-refractivity contribution < 1.29 is 15.0 Å². The Hall–Kier alpha value is -1.39. The Morgan fingerprint density at radius 1 is 1.18 bits per heavy atom. The molecular formula is C13H19NO3. The summed E-state index contributed by atoms with van der Waals surface area (Å²) in [5.74, 6) is -0.159. The molecule has 1 amide bonds. The topological polar surface area (TPSA) is 60.8 Å². The Balaban J connectivity index is 0.000000686. The standard InChI is InChI=1S/C11H13NO3.C2H6/c1-12-10(15)8-4-2-3-5-9(8)11(12,6-13)7-14;1-2/h2-5,13-14H,6-7H2,1H3;1-2H3. The Kier molecular flexibility index (Phi) is 4.26. The number of likely N-dealkylation sites (N-methyl/N-ethyl adjacent to an activating group) is 1.